The fraction of sp³-hybridized carbons (Fsp3) is 0.417. The largest absolute Gasteiger partial charge is 0.480 e. The summed E-state index contributed by atoms with van der Waals surface area (Å²) in [5.74, 6) is -1.68. The van der Waals surface area contributed by atoms with E-state index in [4.69, 9.17) is 9.84 Å². The van der Waals surface area contributed by atoms with Crippen LogP contribution in [0.3, 0.4) is 0 Å². The van der Waals surface area contributed by atoms with E-state index in [1.54, 1.807) is 57.3 Å². The van der Waals surface area contributed by atoms with Gasteiger partial charge in [0.25, 0.3) is 5.91 Å². The number of aromatic nitrogens is 1. The number of carbonyl (C=O) groups excluding carboxylic acids is 2. The smallest absolute Gasteiger partial charge is 0.410 e. The number of hydrogen-bond donors (Lipinski definition) is 3. The van der Waals surface area contributed by atoms with Gasteiger partial charge >= 0.3 is 12.1 Å². The zero-order valence-corrected chi connectivity index (χ0v) is 19.2. The molecular weight excluding hydrogens is 426 g/mol. The Hall–Kier alpha value is -3.46. The highest BCUT2D eigenvalue weighted by atomic mass is 16.6. The molecule has 1 atom stereocenters. The van der Waals surface area contributed by atoms with Crippen molar-refractivity contribution in [3.8, 4) is 0 Å². The van der Waals surface area contributed by atoms with Crippen LogP contribution in [-0.4, -0.2) is 56.3 Å². The Labute approximate surface area is 193 Å². The van der Waals surface area contributed by atoms with Gasteiger partial charge < -0.3 is 20.3 Å². The zero-order valence-electron chi connectivity index (χ0n) is 19.2. The highest BCUT2D eigenvalue weighted by Gasteiger charge is 2.23. The Balaban J connectivity index is 2.11. The van der Waals surface area contributed by atoms with Gasteiger partial charge in [-0.15, -0.1) is 0 Å². The van der Waals surface area contributed by atoms with E-state index in [1.165, 1.54) is 4.90 Å². The van der Waals surface area contributed by atoms with Crippen molar-refractivity contribution in [2.24, 2.45) is 0 Å². The number of carboxylic acid groups (broad SMARTS) is 1. The van der Waals surface area contributed by atoms with Gasteiger partial charge in [0, 0.05) is 24.9 Å². The quantitative estimate of drug-likeness (QED) is 0.500. The number of carboxylic acids is 1. The number of aliphatic carboxylic acids is 1. The van der Waals surface area contributed by atoms with E-state index in [2.05, 4.69) is 10.3 Å². The Morgan fingerprint density at radius 1 is 1.09 bits per heavy atom. The molecule has 1 aromatic heterocycles. The van der Waals surface area contributed by atoms with Crippen LogP contribution in [0.5, 0.6) is 0 Å². The molecule has 1 heterocycles. The minimum absolute atomic E-state index is 0.133. The number of nitrogens with one attached hydrogen (secondary N) is 1. The van der Waals surface area contributed by atoms with Crippen molar-refractivity contribution in [3.63, 3.8) is 0 Å². The molecule has 0 aliphatic carbocycles. The number of carbonyl (C=O) groups is 3. The van der Waals surface area contributed by atoms with Crippen LogP contribution in [0.1, 0.15) is 55.2 Å². The summed E-state index contributed by atoms with van der Waals surface area (Å²) in [7, 11) is 0. The second kappa shape index (κ2) is 12.0. The van der Waals surface area contributed by atoms with Crippen molar-refractivity contribution >= 4 is 18.0 Å². The number of hydrogen-bond acceptors (Lipinski definition) is 6. The molecule has 9 nitrogen and oxygen atoms in total. The molecule has 3 N–H and O–H groups in total. The fourth-order valence-electron chi connectivity index (χ4n) is 2.97. The van der Waals surface area contributed by atoms with Gasteiger partial charge in [-0.3, -0.25) is 14.7 Å². The average molecular weight is 458 g/mol. The Morgan fingerprint density at radius 3 is 2.33 bits per heavy atom. The molecule has 0 unspecified atom stereocenters. The maximum absolute atomic E-state index is 12.8. The highest BCUT2D eigenvalue weighted by Crippen LogP contribution is 2.16. The number of nitrogens with zero attached hydrogens (tertiary/aromatic N) is 2. The highest BCUT2D eigenvalue weighted by molar-refractivity contribution is 5.96. The first-order valence-corrected chi connectivity index (χ1v) is 10.7. The van der Waals surface area contributed by atoms with E-state index in [1.807, 2.05) is 12.1 Å². The predicted octanol–water partition coefficient (Wildman–Crippen LogP) is 2.97. The topological polar surface area (TPSA) is 129 Å². The molecule has 0 fully saturated rings. The Bertz CT molecular complexity index is 925. The van der Waals surface area contributed by atoms with E-state index >= 15 is 0 Å². The molecular formula is C24H31N3O6. The molecule has 0 radical (unpaired) electrons. The van der Waals surface area contributed by atoms with E-state index in [0.29, 0.717) is 11.3 Å². The summed E-state index contributed by atoms with van der Waals surface area (Å²) in [6, 6.07) is 10.9. The molecule has 0 saturated heterocycles. The molecule has 2 rings (SSSR count). The standard InChI is InChI=1S/C24H31N3O6/c1-24(2,3)33-23(32)27(16-19-7-4-5-13-25-19)15-17-9-11-18(12-10-17)21(29)26-20(22(30)31)8-6-14-28/h4-5,7,9-13,20,28H,6,8,14-16H2,1-3H3,(H,26,29)(H,30,31)/t20-/m0/s1. The summed E-state index contributed by atoms with van der Waals surface area (Å²) in [5.41, 5.74) is 1.12. The Kier molecular flexibility index (Phi) is 9.35. The number of ether oxygens (including phenoxy) is 1. The summed E-state index contributed by atoms with van der Waals surface area (Å²) in [5, 5.41) is 20.6. The second-order valence-electron chi connectivity index (χ2n) is 8.58. The minimum Gasteiger partial charge on any atom is -0.480 e. The zero-order chi connectivity index (χ0) is 24.4. The first kappa shape index (κ1) is 25.8. The molecule has 0 saturated carbocycles. The van der Waals surface area contributed by atoms with Gasteiger partial charge in [-0.1, -0.05) is 18.2 Å². The van der Waals surface area contributed by atoms with Crippen LogP contribution >= 0.6 is 0 Å². The SMILES string of the molecule is CC(C)(C)OC(=O)N(Cc1ccc(C(=O)N[C@@H](CCCO)C(=O)O)cc1)Cc1ccccn1. The van der Waals surface area contributed by atoms with E-state index < -0.39 is 29.6 Å². The molecule has 0 aliphatic rings. The van der Waals surface area contributed by atoms with Crippen LogP contribution in [-0.2, 0) is 22.6 Å². The van der Waals surface area contributed by atoms with Crippen LogP contribution in [0.2, 0.25) is 0 Å². The maximum Gasteiger partial charge on any atom is 0.410 e. The molecule has 2 amide bonds. The van der Waals surface area contributed by atoms with Gasteiger partial charge in [0.05, 0.1) is 12.2 Å². The number of amides is 2. The number of pyridine rings is 1. The number of aliphatic hydroxyl groups excluding tert-OH is 1. The van der Waals surface area contributed by atoms with E-state index in [9.17, 15) is 19.5 Å². The first-order chi connectivity index (χ1) is 15.6. The third-order valence-electron chi connectivity index (χ3n) is 4.57. The van der Waals surface area contributed by atoms with Crippen molar-refractivity contribution in [2.45, 2.75) is 58.3 Å². The van der Waals surface area contributed by atoms with E-state index in [-0.39, 0.29) is 32.5 Å². The van der Waals surface area contributed by atoms with Crippen molar-refractivity contribution in [1.82, 2.24) is 15.2 Å². The van der Waals surface area contributed by atoms with Crippen LogP contribution in [0.15, 0.2) is 48.7 Å². The van der Waals surface area contributed by atoms with E-state index in [0.717, 1.165) is 5.56 Å². The average Bonchev–Trinajstić information content (AvgIpc) is 2.76. The van der Waals surface area contributed by atoms with Gasteiger partial charge in [-0.25, -0.2) is 9.59 Å². The molecule has 2 aromatic rings. The van der Waals surface area contributed by atoms with Gasteiger partial charge in [-0.2, -0.15) is 0 Å². The van der Waals surface area contributed by atoms with Crippen LogP contribution in [0, 0.1) is 0 Å². The molecule has 1 aromatic carbocycles. The predicted molar refractivity (Wildman–Crippen MR) is 121 cm³/mol. The minimum atomic E-state index is -1.16. The molecule has 178 valence electrons. The van der Waals surface area contributed by atoms with Crippen molar-refractivity contribution in [1.29, 1.82) is 0 Å². The monoisotopic (exact) mass is 457 g/mol. The molecule has 33 heavy (non-hydrogen) atoms. The van der Waals surface area contributed by atoms with Crippen LogP contribution in [0.4, 0.5) is 4.79 Å². The second-order valence-corrected chi connectivity index (χ2v) is 8.58. The third-order valence-corrected chi connectivity index (χ3v) is 4.57. The maximum atomic E-state index is 12.8. The van der Waals surface area contributed by atoms with Gasteiger partial charge in [0.2, 0.25) is 0 Å². The summed E-state index contributed by atoms with van der Waals surface area (Å²) in [6.45, 7) is 5.72. The lowest BCUT2D eigenvalue weighted by atomic mass is 10.1. The Morgan fingerprint density at radius 2 is 1.79 bits per heavy atom. The summed E-state index contributed by atoms with van der Waals surface area (Å²) in [4.78, 5) is 42.3. The van der Waals surface area contributed by atoms with Gasteiger partial charge in [-0.05, 0) is 63.4 Å². The lowest BCUT2D eigenvalue weighted by molar-refractivity contribution is -0.139. The normalized spacial score (nSPS) is 12.0. The van der Waals surface area contributed by atoms with Crippen LogP contribution in [0.25, 0.3) is 0 Å². The van der Waals surface area contributed by atoms with Crippen molar-refractivity contribution < 1.29 is 29.3 Å². The third kappa shape index (κ3) is 8.89. The number of aliphatic hydroxyl groups is 1. The molecule has 9 heteroatoms. The van der Waals surface area contributed by atoms with Crippen molar-refractivity contribution in [2.75, 3.05) is 6.61 Å². The van der Waals surface area contributed by atoms with Crippen LogP contribution < -0.4 is 5.32 Å². The summed E-state index contributed by atoms with van der Waals surface area (Å²) < 4.78 is 5.53. The number of rotatable bonds is 10. The first-order valence-electron chi connectivity index (χ1n) is 10.7. The fourth-order valence-corrected chi connectivity index (χ4v) is 2.97. The summed E-state index contributed by atoms with van der Waals surface area (Å²) in [6.07, 6.45) is 1.57. The van der Waals surface area contributed by atoms with Crippen molar-refractivity contribution in [3.05, 3.63) is 65.5 Å². The summed E-state index contributed by atoms with van der Waals surface area (Å²) >= 11 is 0. The molecule has 0 bridgehead atoms. The van der Waals surface area contributed by atoms with Gasteiger partial charge in [0.1, 0.15) is 11.6 Å². The van der Waals surface area contributed by atoms with Gasteiger partial charge in [0.15, 0.2) is 0 Å². The number of benzene rings is 1. The molecule has 0 spiro atoms. The lowest BCUT2D eigenvalue weighted by Gasteiger charge is -2.27. The molecule has 0 aliphatic heterocycles. The lowest BCUT2D eigenvalue weighted by Crippen LogP contribution is -2.40.